The van der Waals surface area contributed by atoms with Crippen molar-refractivity contribution in [3.05, 3.63) is 65.7 Å². The molecule has 4 nitrogen and oxygen atoms in total. The molecule has 4 saturated carbocycles. The molecule has 0 aliphatic heterocycles. The number of nitrogens with one attached hydrogen (secondary N) is 1. The summed E-state index contributed by atoms with van der Waals surface area (Å²) in [6.45, 7) is 0.485. The highest BCUT2D eigenvalue weighted by Gasteiger charge is 2.55. The molecule has 28 heavy (non-hydrogen) atoms. The Morgan fingerprint density at radius 2 is 1.79 bits per heavy atom. The molecular formula is C24H27NO3. The van der Waals surface area contributed by atoms with Crippen molar-refractivity contribution in [1.29, 1.82) is 0 Å². The Hall–Kier alpha value is -2.33. The minimum absolute atomic E-state index is 0.0328. The van der Waals surface area contributed by atoms with Crippen LogP contribution in [0.15, 0.2) is 54.6 Å². The standard InChI is InChI=1S/C24H27NO3/c26-23(25-22-19-9-17-10-20(22)14-24(27,12-17)13-19)18-7-4-8-21(11-18)28-15-16-5-2-1-3-6-16/h1-8,11,17,19-20,22,27H,9-10,12-15H2,(H,25,26). The van der Waals surface area contributed by atoms with E-state index in [-0.39, 0.29) is 11.9 Å². The number of carbonyl (C=O) groups is 1. The molecule has 4 aliphatic rings. The van der Waals surface area contributed by atoms with Gasteiger partial charge >= 0.3 is 0 Å². The van der Waals surface area contributed by atoms with Crippen LogP contribution in [0.1, 0.15) is 48.0 Å². The van der Waals surface area contributed by atoms with E-state index in [9.17, 15) is 9.90 Å². The van der Waals surface area contributed by atoms with E-state index in [1.165, 1.54) is 0 Å². The minimum Gasteiger partial charge on any atom is -0.489 e. The average Bonchev–Trinajstić information content (AvgIpc) is 2.69. The summed E-state index contributed by atoms with van der Waals surface area (Å²) >= 11 is 0. The predicted octanol–water partition coefficient (Wildman–Crippen LogP) is 3.94. The highest BCUT2D eigenvalue weighted by atomic mass is 16.5. The van der Waals surface area contributed by atoms with Gasteiger partial charge in [-0.1, -0.05) is 36.4 Å². The molecule has 146 valence electrons. The Balaban J connectivity index is 1.25. The number of hydrogen-bond donors (Lipinski definition) is 2. The van der Waals surface area contributed by atoms with Gasteiger partial charge in [-0.2, -0.15) is 0 Å². The summed E-state index contributed by atoms with van der Waals surface area (Å²) in [7, 11) is 0. The SMILES string of the molecule is O=C(NC1C2CC3CC1CC(O)(C3)C2)c1cccc(OCc2ccccc2)c1. The zero-order chi connectivity index (χ0) is 19.1. The fourth-order valence-electron chi connectivity index (χ4n) is 5.92. The fourth-order valence-corrected chi connectivity index (χ4v) is 5.92. The molecule has 6 rings (SSSR count). The first kappa shape index (κ1) is 17.7. The van der Waals surface area contributed by atoms with Gasteiger partial charge in [0.1, 0.15) is 12.4 Å². The molecule has 2 N–H and O–H groups in total. The number of hydrogen-bond acceptors (Lipinski definition) is 3. The molecule has 0 spiro atoms. The molecule has 2 aromatic rings. The van der Waals surface area contributed by atoms with Crippen LogP contribution in [0.4, 0.5) is 0 Å². The quantitative estimate of drug-likeness (QED) is 0.830. The van der Waals surface area contributed by atoms with Crippen molar-refractivity contribution >= 4 is 5.91 Å². The highest BCUT2D eigenvalue weighted by molar-refractivity contribution is 5.94. The van der Waals surface area contributed by atoms with Crippen LogP contribution in [0.5, 0.6) is 5.75 Å². The Kier molecular flexibility index (Phi) is 4.39. The van der Waals surface area contributed by atoms with Gasteiger partial charge in [-0.25, -0.2) is 0 Å². The number of benzene rings is 2. The molecular weight excluding hydrogens is 350 g/mol. The number of rotatable bonds is 5. The molecule has 2 atom stereocenters. The maximum atomic E-state index is 12.9. The van der Waals surface area contributed by atoms with Crippen LogP contribution < -0.4 is 10.1 Å². The van der Waals surface area contributed by atoms with Gasteiger partial charge < -0.3 is 15.2 Å². The topological polar surface area (TPSA) is 58.6 Å². The van der Waals surface area contributed by atoms with E-state index in [4.69, 9.17) is 4.74 Å². The lowest BCUT2D eigenvalue weighted by molar-refractivity contribution is -0.136. The van der Waals surface area contributed by atoms with Gasteiger partial charge in [0, 0.05) is 11.6 Å². The smallest absolute Gasteiger partial charge is 0.251 e. The van der Waals surface area contributed by atoms with Gasteiger partial charge in [-0.05, 0) is 73.6 Å². The second kappa shape index (κ2) is 6.93. The Morgan fingerprint density at radius 3 is 2.50 bits per heavy atom. The largest absolute Gasteiger partial charge is 0.489 e. The summed E-state index contributed by atoms with van der Waals surface area (Å²) in [5.41, 5.74) is 1.27. The molecule has 0 radical (unpaired) electrons. The number of aliphatic hydroxyl groups is 1. The third-order valence-electron chi connectivity index (χ3n) is 6.88. The average molecular weight is 377 g/mol. The van der Waals surface area contributed by atoms with Crippen LogP contribution in [0.3, 0.4) is 0 Å². The molecule has 1 amide bonds. The van der Waals surface area contributed by atoms with Crippen molar-refractivity contribution in [2.45, 2.75) is 50.4 Å². The van der Waals surface area contributed by atoms with Crippen molar-refractivity contribution in [2.24, 2.45) is 17.8 Å². The fraction of sp³-hybridized carbons (Fsp3) is 0.458. The van der Waals surface area contributed by atoms with E-state index in [1.54, 1.807) is 0 Å². The van der Waals surface area contributed by atoms with E-state index < -0.39 is 5.60 Å². The van der Waals surface area contributed by atoms with Gasteiger partial charge in [0.15, 0.2) is 0 Å². The van der Waals surface area contributed by atoms with E-state index in [0.29, 0.717) is 35.7 Å². The van der Waals surface area contributed by atoms with Crippen LogP contribution in [-0.4, -0.2) is 22.7 Å². The van der Waals surface area contributed by atoms with Gasteiger partial charge in [0.25, 0.3) is 5.91 Å². The third-order valence-corrected chi connectivity index (χ3v) is 6.88. The summed E-state index contributed by atoms with van der Waals surface area (Å²) < 4.78 is 5.87. The zero-order valence-corrected chi connectivity index (χ0v) is 16.0. The van der Waals surface area contributed by atoms with E-state index in [0.717, 1.165) is 37.7 Å². The lowest BCUT2D eigenvalue weighted by Crippen LogP contribution is -2.61. The van der Waals surface area contributed by atoms with E-state index in [1.807, 2.05) is 54.6 Å². The Morgan fingerprint density at radius 1 is 1.04 bits per heavy atom. The van der Waals surface area contributed by atoms with Crippen LogP contribution in [0.2, 0.25) is 0 Å². The first-order chi connectivity index (χ1) is 13.6. The number of ether oxygens (including phenoxy) is 1. The van der Waals surface area contributed by atoms with E-state index in [2.05, 4.69) is 5.32 Å². The summed E-state index contributed by atoms with van der Waals surface area (Å²) in [6.07, 6.45) is 4.92. The number of carbonyl (C=O) groups excluding carboxylic acids is 1. The molecule has 4 heteroatoms. The molecule has 2 aromatic carbocycles. The van der Waals surface area contributed by atoms with Crippen molar-refractivity contribution in [3.63, 3.8) is 0 Å². The summed E-state index contributed by atoms with van der Waals surface area (Å²) in [6, 6.07) is 17.6. The van der Waals surface area contributed by atoms with Crippen LogP contribution >= 0.6 is 0 Å². The van der Waals surface area contributed by atoms with E-state index >= 15 is 0 Å². The molecule has 4 aliphatic carbocycles. The maximum Gasteiger partial charge on any atom is 0.251 e. The Labute approximate surface area is 165 Å². The molecule has 2 unspecified atom stereocenters. The molecule has 0 saturated heterocycles. The summed E-state index contributed by atoms with van der Waals surface area (Å²) in [5, 5.41) is 14.0. The second-order valence-electron chi connectivity index (χ2n) is 9.00. The molecule has 0 aromatic heterocycles. The van der Waals surface area contributed by atoms with Gasteiger partial charge in [0.2, 0.25) is 0 Å². The van der Waals surface area contributed by atoms with Gasteiger partial charge in [-0.15, -0.1) is 0 Å². The van der Waals surface area contributed by atoms with Crippen molar-refractivity contribution in [3.8, 4) is 5.75 Å². The lowest BCUT2D eigenvalue weighted by Gasteiger charge is -2.58. The number of amides is 1. The lowest BCUT2D eigenvalue weighted by atomic mass is 9.52. The van der Waals surface area contributed by atoms with Crippen LogP contribution in [-0.2, 0) is 6.61 Å². The van der Waals surface area contributed by atoms with Crippen LogP contribution in [0.25, 0.3) is 0 Å². The molecule has 4 fully saturated rings. The first-order valence-electron chi connectivity index (χ1n) is 10.4. The third kappa shape index (κ3) is 3.42. The first-order valence-corrected chi connectivity index (χ1v) is 10.4. The minimum atomic E-state index is -0.469. The van der Waals surface area contributed by atoms with Gasteiger partial charge in [0.05, 0.1) is 5.60 Å². The summed E-state index contributed by atoms with van der Waals surface area (Å²) in [5.74, 6) is 2.14. The molecule has 4 bridgehead atoms. The van der Waals surface area contributed by atoms with Crippen LogP contribution in [0, 0.1) is 17.8 Å². The summed E-state index contributed by atoms with van der Waals surface area (Å²) in [4.78, 5) is 12.9. The van der Waals surface area contributed by atoms with Gasteiger partial charge in [-0.3, -0.25) is 4.79 Å². The molecule has 0 heterocycles. The Bertz CT molecular complexity index is 849. The van der Waals surface area contributed by atoms with Crippen molar-refractivity contribution in [2.75, 3.05) is 0 Å². The highest BCUT2D eigenvalue weighted by Crippen LogP contribution is 2.55. The normalized spacial score (nSPS) is 32.9. The zero-order valence-electron chi connectivity index (χ0n) is 16.0. The predicted molar refractivity (Wildman–Crippen MR) is 107 cm³/mol. The second-order valence-corrected chi connectivity index (χ2v) is 9.00. The monoisotopic (exact) mass is 377 g/mol. The maximum absolute atomic E-state index is 12.9. The van der Waals surface area contributed by atoms with Crippen molar-refractivity contribution in [1.82, 2.24) is 5.32 Å². The van der Waals surface area contributed by atoms with Crippen molar-refractivity contribution < 1.29 is 14.6 Å².